The van der Waals surface area contributed by atoms with Crippen LogP contribution in [0.3, 0.4) is 0 Å². The van der Waals surface area contributed by atoms with Crippen molar-refractivity contribution in [1.29, 1.82) is 0 Å². The van der Waals surface area contributed by atoms with Crippen molar-refractivity contribution in [1.82, 2.24) is 10.3 Å². The molecular formula is C19H23N3O4. The Hall–Kier alpha value is -2.93. The van der Waals surface area contributed by atoms with Crippen LogP contribution in [0.15, 0.2) is 36.5 Å². The van der Waals surface area contributed by atoms with Gasteiger partial charge in [0.05, 0.1) is 12.8 Å². The molecule has 26 heavy (non-hydrogen) atoms. The number of nitrogens with zero attached hydrogens (tertiary/aromatic N) is 1. The second-order valence-electron chi connectivity index (χ2n) is 5.69. The van der Waals surface area contributed by atoms with Crippen LogP contribution in [0.25, 0.3) is 0 Å². The monoisotopic (exact) mass is 357 g/mol. The van der Waals surface area contributed by atoms with Gasteiger partial charge in [-0.1, -0.05) is 6.07 Å². The third-order valence-electron chi connectivity index (χ3n) is 3.67. The molecule has 2 rings (SSSR count). The number of aromatic nitrogens is 1. The van der Waals surface area contributed by atoms with Gasteiger partial charge in [0.1, 0.15) is 11.4 Å². The predicted octanol–water partition coefficient (Wildman–Crippen LogP) is 2.42. The molecule has 0 spiro atoms. The number of pyridine rings is 1. The molecule has 2 N–H and O–H groups in total. The number of benzene rings is 1. The Balaban J connectivity index is 2.08. The lowest BCUT2D eigenvalue weighted by Crippen LogP contribution is -2.26. The van der Waals surface area contributed by atoms with Crippen LogP contribution < -0.4 is 15.4 Å². The maximum absolute atomic E-state index is 12.5. The number of aryl methyl sites for hydroxylation is 1. The summed E-state index contributed by atoms with van der Waals surface area (Å²) in [7, 11) is 3.15. The number of carbonyl (C=O) groups excluding carboxylic acids is 2. The minimum absolute atomic E-state index is 0.186. The molecule has 0 saturated heterocycles. The molecule has 138 valence electrons. The quantitative estimate of drug-likeness (QED) is 0.708. The van der Waals surface area contributed by atoms with E-state index in [4.69, 9.17) is 9.47 Å². The summed E-state index contributed by atoms with van der Waals surface area (Å²) >= 11 is 0. The Morgan fingerprint density at radius 2 is 1.92 bits per heavy atom. The lowest BCUT2D eigenvalue weighted by molar-refractivity contribution is 0.0943. The zero-order valence-corrected chi connectivity index (χ0v) is 15.2. The first-order valence-electron chi connectivity index (χ1n) is 8.24. The van der Waals surface area contributed by atoms with Crippen molar-refractivity contribution < 1.29 is 19.1 Å². The van der Waals surface area contributed by atoms with E-state index < -0.39 is 0 Å². The molecule has 2 amide bonds. The second kappa shape index (κ2) is 9.53. The molecule has 2 aromatic rings. The van der Waals surface area contributed by atoms with E-state index in [0.29, 0.717) is 36.6 Å². The fraction of sp³-hybridized carbons (Fsp3) is 0.316. The summed E-state index contributed by atoms with van der Waals surface area (Å²) in [5.41, 5.74) is 2.09. The lowest BCUT2D eigenvalue weighted by Gasteiger charge is -2.11. The van der Waals surface area contributed by atoms with E-state index in [2.05, 4.69) is 15.6 Å². The van der Waals surface area contributed by atoms with Crippen molar-refractivity contribution in [3.8, 4) is 5.75 Å². The standard InChI is InChI=1S/C19H23N3O4/c1-13-5-6-17(26-3)15(11-13)22-18(23)14-7-9-20-16(12-14)19(24)21-8-4-10-25-2/h5-7,9,11-12H,4,8,10H2,1-3H3,(H,21,24)(H,22,23). The Morgan fingerprint density at radius 1 is 1.12 bits per heavy atom. The van der Waals surface area contributed by atoms with Gasteiger partial charge in [0.2, 0.25) is 0 Å². The summed E-state index contributed by atoms with van der Waals surface area (Å²) in [5.74, 6) is -0.109. The van der Waals surface area contributed by atoms with Gasteiger partial charge in [-0.05, 0) is 43.2 Å². The number of nitrogens with one attached hydrogen (secondary N) is 2. The molecule has 0 aliphatic rings. The maximum Gasteiger partial charge on any atom is 0.269 e. The molecule has 0 radical (unpaired) electrons. The smallest absolute Gasteiger partial charge is 0.269 e. The summed E-state index contributed by atoms with van der Waals surface area (Å²) in [6, 6.07) is 8.52. The van der Waals surface area contributed by atoms with E-state index in [9.17, 15) is 9.59 Å². The van der Waals surface area contributed by atoms with Gasteiger partial charge in [-0.15, -0.1) is 0 Å². The van der Waals surface area contributed by atoms with Crippen LogP contribution in [-0.4, -0.2) is 44.2 Å². The van der Waals surface area contributed by atoms with Crippen LogP contribution in [-0.2, 0) is 4.74 Å². The van der Waals surface area contributed by atoms with E-state index in [-0.39, 0.29) is 17.5 Å². The number of rotatable bonds is 8. The van der Waals surface area contributed by atoms with E-state index in [1.165, 1.54) is 12.3 Å². The topological polar surface area (TPSA) is 89.5 Å². The molecule has 1 heterocycles. The molecule has 0 fully saturated rings. The minimum Gasteiger partial charge on any atom is -0.495 e. The number of carbonyl (C=O) groups is 2. The van der Waals surface area contributed by atoms with Crippen molar-refractivity contribution in [2.24, 2.45) is 0 Å². The third-order valence-corrected chi connectivity index (χ3v) is 3.67. The Kier molecular flexibility index (Phi) is 7.11. The van der Waals surface area contributed by atoms with Crippen LogP contribution in [0.5, 0.6) is 5.75 Å². The fourth-order valence-electron chi connectivity index (χ4n) is 2.32. The molecule has 1 aromatic carbocycles. The summed E-state index contributed by atoms with van der Waals surface area (Å²) in [6.45, 7) is 2.97. The molecule has 7 heteroatoms. The number of methoxy groups -OCH3 is 2. The predicted molar refractivity (Wildman–Crippen MR) is 98.7 cm³/mol. The van der Waals surface area contributed by atoms with Gasteiger partial charge in [-0.25, -0.2) is 0 Å². The van der Waals surface area contributed by atoms with E-state index in [1.54, 1.807) is 26.4 Å². The average molecular weight is 357 g/mol. The normalized spacial score (nSPS) is 10.3. The van der Waals surface area contributed by atoms with Gasteiger partial charge >= 0.3 is 0 Å². The van der Waals surface area contributed by atoms with E-state index in [0.717, 1.165) is 5.56 Å². The molecule has 0 saturated carbocycles. The first-order valence-corrected chi connectivity index (χ1v) is 8.24. The maximum atomic E-state index is 12.5. The highest BCUT2D eigenvalue weighted by atomic mass is 16.5. The summed E-state index contributed by atoms with van der Waals surface area (Å²) < 4.78 is 10.2. The largest absolute Gasteiger partial charge is 0.495 e. The average Bonchev–Trinajstić information content (AvgIpc) is 2.65. The highest BCUT2D eigenvalue weighted by molar-refractivity contribution is 6.06. The number of hydrogen-bond acceptors (Lipinski definition) is 5. The molecule has 0 aliphatic heterocycles. The SMILES string of the molecule is COCCCNC(=O)c1cc(C(=O)Nc2cc(C)ccc2OC)ccn1. The lowest BCUT2D eigenvalue weighted by atomic mass is 10.1. The summed E-state index contributed by atoms with van der Waals surface area (Å²) in [4.78, 5) is 28.7. The first kappa shape index (κ1) is 19.4. The highest BCUT2D eigenvalue weighted by Crippen LogP contribution is 2.25. The minimum atomic E-state index is -0.343. The van der Waals surface area contributed by atoms with Crippen LogP contribution in [0.2, 0.25) is 0 Å². The van der Waals surface area contributed by atoms with Crippen LogP contribution in [0.4, 0.5) is 5.69 Å². The van der Waals surface area contributed by atoms with E-state index >= 15 is 0 Å². The third kappa shape index (κ3) is 5.29. The van der Waals surface area contributed by atoms with Gasteiger partial charge in [0, 0.05) is 32.0 Å². The summed E-state index contributed by atoms with van der Waals surface area (Å²) in [5, 5.41) is 5.55. The zero-order chi connectivity index (χ0) is 18.9. The van der Waals surface area contributed by atoms with Crippen molar-refractivity contribution in [2.45, 2.75) is 13.3 Å². The summed E-state index contributed by atoms with van der Waals surface area (Å²) in [6.07, 6.45) is 2.14. The number of amides is 2. The van der Waals surface area contributed by atoms with E-state index in [1.807, 2.05) is 19.1 Å². The van der Waals surface area contributed by atoms with Crippen molar-refractivity contribution in [3.63, 3.8) is 0 Å². The Bertz CT molecular complexity index is 777. The molecule has 0 aliphatic carbocycles. The molecule has 1 aromatic heterocycles. The van der Waals surface area contributed by atoms with Crippen molar-refractivity contribution >= 4 is 17.5 Å². The van der Waals surface area contributed by atoms with Crippen molar-refractivity contribution in [3.05, 3.63) is 53.3 Å². The van der Waals surface area contributed by atoms with Crippen molar-refractivity contribution in [2.75, 3.05) is 32.7 Å². The Morgan fingerprint density at radius 3 is 2.65 bits per heavy atom. The number of ether oxygens (including phenoxy) is 2. The van der Waals surface area contributed by atoms with Gasteiger partial charge in [-0.2, -0.15) is 0 Å². The highest BCUT2D eigenvalue weighted by Gasteiger charge is 2.13. The van der Waals surface area contributed by atoms with Crippen LogP contribution in [0.1, 0.15) is 32.8 Å². The fourth-order valence-corrected chi connectivity index (χ4v) is 2.32. The van der Waals surface area contributed by atoms with Crippen LogP contribution >= 0.6 is 0 Å². The van der Waals surface area contributed by atoms with Crippen LogP contribution in [0, 0.1) is 6.92 Å². The molecule has 0 unspecified atom stereocenters. The number of anilines is 1. The van der Waals surface area contributed by atoms with Gasteiger partial charge in [0.25, 0.3) is 11.8 Å². The molecule has 0 bridgehead atoms. The van der Waals surface area contributed by atoms with Gasteiger partial charge in [0.15, 0.2) is 0 Å². The molecule has 0 atom stereocenters. The number of hydrogen-bond donors (Lipinski definition) is 2. The Labute approximate surface area is 152 Å². The van der Waals surface area contributed by atoms with Gasteiger partial charge < -0.3 is 20.1 Å². The van der Waals surface area contributed by atoms with Gasteiger partial charge in [-0.3, -0.25) is 14.6 Å². The molecular weight excluding hydrogens is 334 g/mol. The second-order valence-corrected chi connectivity index (χ2v) is 5.69. The first-order chi connectivity index (χ1) is 12.5. The molecule has 7 nitrogen and oxygen atoms in total. The zero-order valence-electron chi connectivity index (χ0n) is 15.2.